The smallest absolute Gasteiger partial charge is 0.243 e. The number of halogens is 1. The Morgan fingerprint density at radius 2 is 1.68 bits per heavy atom. The van der Waals surface area contributed by atoms with Gasteiger partial charge in [-0.05, 0) is 37.1 Å². The summed E-state index contributed by atoms with van der Waals surface area (Å²) in [6.45, 7) is 1.01. The van der Waals surface area contributed by atoms with Gasteiger partial charge in [-0.15, -0.1) is 0 Å². The predicted octanol–water partition coefficient (Wildman–Crippen LogP) is 2.28. The van der Waals surface area contributed by atoms with E-state index in [4.69, 9.17) is 16.3 Å². The zero-order valence-electron chi connectivity index (χ0n) is 10.5. The number of rotatable bonds is 2. The van der Waals surface area contributed by atoms with Crippen molar-refractivity contribution in [1.82, 2.24) is 4.31 Å². The van der Waals surface area contributed by atoms with Crippen molar-refractivity contribution in [1.29, 1.82) is 0 Å². The first-order chi connectivity index (χ1) is 9.09. The number of sulfonamides is 1. The molecule has 0 amide bonds. The molecule has 0 aliphatic carbocycles. The summed E-state index contributed by atoms with van der Waals surface area (Å²) in [4.78, 5) is 0.315. The van der Waals surface area contributed by atoms with Gasteiger partial charge in [0, 0.05) is 17.1 Å². The van der Waals surface area contributed by atoms with E-state index in [1.54, 1.807) is 28.6 Å². The van der Waals surface area contributed by atoms with Gasteiger partial charge in [0.15, 0.2) is 0 Å². The van der Waals surface area contributed by atoms with Crippen LogP contribution in [0.25, 0.3) is 0 Å². The third-order valence-corrected chi connectivity index (χ3v) is 6.08. The monoisotopic (exact) mass is 301 g/mol. The first-order valence-electron chi connectivity index (χ1n) is 6.46. The highest BCUT2D eigenvalue weighted by molar-refractivity contribution is 7.89. The van der Waals surface area contributed by atoms with Crippen molar-refractivity contribution < 1.29 is 13.2 Å². The maximum absolute atomic E-state index is 12.7. The molecule has 0 aromatic heterocycles. The molecule has 3 rings (SSSR count). The number of benzene rings is 1. The van der Waals surface area contributed by atoms with Gasteiger partial charge < -0.3 is 4.74 Å². The fourth-order valence-electron chi connectivity index (χ4n) is 2.92. The van der Waals surface area contributed by atoms with Crippen LogP contribution in [-0.4, -0.2) is 38.0 Å². The van der Waals surface area contributed by atoms with Crippen LogP contribution >= 0.6 is 11.6 Å². The lowest BCUT2D eigenvalue weighted by molar-refractivity contribution is -0.0297. The minimum absolute atomic E-state index is 0.0202. The Labute approximate surface area is 118 Å². The second-order valence-electron chi connectivity index (χ2n) is 5.06. The molecule has 2 aliphatic rings. The highest BCUT2D eigenvalue weighted by atomic mass is 35.5. The minimum atomic E-state index is -3.44. The third kappa shape index (κ3) is 2.40. The number of nitrogens with zero attached hydrogens (tertiary/aromatic N) is 1. The van der Waals surface area contributed by atoms with E-state index in [-0.39, 0.29) is 12.1 Å². The standard InChI is InChI=1S/C13H16ClNO3S/c14-10-4-6-13(7-5-10)19(16,17)15-11-2-1-3-12(15)9-18-8-11/h4-7,11-12H,1-3,8-9H2/t11-,12-/m0/s1. The topological polar surface area (TPSA) is 46.6 Å². The molecule has 2 atom stereocenters. The van der Waals surface area contributed by atoms with Crippen molar-refractivity contribution in [3.05, 3.63) is 29.3 Å². The first kappa shape index (κ1) is 13.4. The highest BCUT2D eigenvalue weighted by Crippen LogP contribution is 2.33. The fourth-order valence-corrected chi connectivity index (χ4v) is 4.88. The van der Waals surface area contributed by atoms with Crippen LogP contribution in [0.15, 0.2) is 29.2 Å². The molecule has 2 aliphatic heterocycles. The summed E-state index contributed by atoms with van der Waals surface area (Å²) in [6.07, 6.45) is 2.83. The van der Waals surface area contributed by atoms with E-state index in [9.17, 15) is 8.42 Å². The van der Waals surface area contributed by atoms with E-state index in [1.165, 1.54) is 0 Å². The zero-order valence-corrected chi connectivity index (χ0v) is 12.0. The summed E-state index contributed by atoms with van der Waals surface area (Å²) in [5, 5.41) is 0.543. The molecular weight excluding hydrogens is 286 g/mol. The van der Waals surface area contributed by atoms with Crippen LogP contribution in [0.4, 0.5) is 0 Å². The van der Waals surface area contributed by atoms with E-state index < -0.39 is 10.0 Å². The van der Waals surface area contributed by atoms with E-state index in [0.29, 0.717) is 23.1 Å². The van der Waals surface area contributed by atoms with Gasteiger partial charge in [-0.3, -0.25) is 0 Å². The van der Waals surface area contributed by atoms with E-state index in [2.05, 4.69) is 0 Å². The minimum Gasteiger partial charge on any atom is -0.378 e. The number of hydrogen-bond donors (Lipinski definition) is 0. The number of fused-ring (bicyclic) bond motifs is 2. The Balaban J connectivity index is 1.97. The number of hydrogen-bond acceptors (Lipinski definition) is 3. The zero-order chi connectivity index (χ0) is 13.5. The molecule has 0 N–H and O–H groups in total. The van der Waals surface area contributed by atoms with Crippen LogP contribution in [0.1, 0.15) is 19.3 Å². The summed E-state index contributed by atoms with van der Waals surface area (Å²) >= 11 is 5.81. The SMILES string of the molecule is O=S(=O)(c1ccc(Cl)cc1)N1[C@H]2CCC[C@H]1COC2. The van der Waals surface area contributed by atoms with Crippen molar-refractivity contribution in [2.75, 3.05) is 13.2 Å². The predicted molar refractivity (Wildman–Crippen MR) is 72.7 cm³/mol. The Morgan fingerprint density at radius 1 is 1.11 bits per heavy atom. The molecule has 2 saturated heterocycles. The van der Waals surface area contributed by atoms with Crippen LogP contribution in [0, 0.1) is 0 Å². The summed E-state index contributed by atoms with van der Waals surface area (Å²) in [7, 11) is -3.44. The lowest BCUT2D eigenvalue weighted by Gasteiger charge is -2.44. The van der Waals surface area contributed by atoms with Crippen molar-refractivity contribution >= 4 is 21.6 Å². The lowest BCUT2D eigenvalue weighted by atomic mass is 9.98. The molecule has 6 heteroatoms. The van der Waals surface area contributed by atoms with Gasteiger partial charge in [0.25, 0.3) is 0 Å². The van der Waals surface area contributed by atoms with Gasteiger partial charge in [0.1, 0.15) is 0 Å². The van der Waals surface area contributed by atoms with Crippen molar-refractivity contribution in [3.8, 4) is 0 Å². The quantitative estimate of drug-likeness (QED) is 0.842. The van der Waals surface area contributed by atoms with Crippen LogP contribution in [0.2, 0.25) is 5.02 Å². The second-order valence-corrected chi connectivity index (χ2v) is 7.34. The van der Waals surface area contributed by atoms with Crippen molar-refractivity contribution in [2.45, 2.75) is 36.2 Å². The lowest BCUT2D eigenvalue weighted by Crippen LogP contribution is -2.57. The molecule has 1 aromatic rings. The average Bonchev–Trinajstić information content (AvgIpc) is 2.38. The molecule has 1 aromatic carbocycles. The van der Waals surface area contributed by atoms with E-state index in [0.717, 1.165) is 19.3 Å². The van der Waals surface area contributed by atoms with Gasteiger partial charge in [0.05, 0.1) is 18.1 Å². The fraction of sp³-hybridized carbons (Fsp3) is 0.538. The van der Waals surface area contributed by atoms with E-state index >= 15 is 0 Å². The van der Waals surface area contributed by atoms with Gasteiger partial charge in [-0.1, -0.05) is 18.0 Å². The normalized spacial score (nSPS) is 28.3. The molecule has 2 heterocycles. The number of piperidine rings is 1. The molecule has 0 radical (unpaired) electrons. The largest absolute Gasteiger partial charge is 0.378 e. The summed E-state index contributed by atoms with van der Waals surface area (Å²) in [5.74, 6) is 0. The van der Waals surface area contributed by atoms with E-state index in [1.807, 2.05) is 0 Å². The maximum atomic E-state index is 12.7. The Morgan fingerprint density at radius 3 is 2.26 bits per heavy atom. The molecule has 19 heavy (non-hydrogen) atoms. The Hall–Kier alpha value is -0.620. The summed E-state index contributed by atoms with van der Waals surface area (Å²) in [6, 6.07) is 6.34. The Bertz CT molecular complexity index is 536. The molecule has 2 fully saturated rings. The number of ether oxygens (including phenoxy) is 1. The van der Waals surface area contributed by atoms with Gasteiger partial charge in [0.2, 0.25) is 10.0 Å². The van der Waals surface area contributed by atoms with Crippen molar-refractivity contribution in [2.24, 2.45) is 0 Å². The second kappa shape index (κ2) is 5.05. The van der Waals surface area contributed by atoms with Crippen LogP contribution in [0.5, 0.6) is 0 Å². The maximum Gasteiger partial charge on any atom is 0.243 e. The number of morpholine rings is 1. The molecule has 2 bridgehead atoms. The Kier molecular flexibility index (Phi) is 3.55. The summed E-state index contributed by atoms with van der Waals surface area (Å²) in [5.41, 5.74) is 0. The first-order valence-corrected chi connectivity index (χ1v) is 8.28. The van der Waals surface area contributed by atoms with Gasteiger partial charge in [-0.25, -0.2) is 8.42 Å². The molecule has 104 valence electrons. The molecule has 0 spiro atoms. The van der Waals surface area contributed by atoms with Gasteiger partial charge in [-0.2, -0.15) is 4.31 Å². The van der Waals surface area contributed by atoms with Crippen LogP contribution in [0.3, 0.4) is 0 Å². The molecular formula is C13H16ClNO3S. The van der Waals surface area contributed by atoms with Crippen molar-refractivity contribution in [3.63, 3.8) is 0 Å². The molecule has 0 unspecified atom stereocenters. The average molecular weight is 302 g/mol. The summed E-state index contributed by atoms with van der Waals surface area (Å²) < 4.78 is 32.6. The van der Waals surface area contributed by atoms with Crippen LogP contribution < -0.4 is 0 Å². The third-order valence-electron chi connectivity index (χ3n) is 3.80. The van der Waals surface area contributed by atoms with Gasteiger partial charge >= 0.3 is 0 Å². The molecule has 4 nitrogen and oxygen atoms in total. The molecule has 0 saturated carbocycles. The van der Waals surface area contributed by atoms with Crippen LogP contribution in [-0.2, 0) is 14.8 Å². The highest BCUT2D eigenvalue weighted by Gasteiger charge is 2.42.